The second kappa shape index (κ2) is 7.74. The van der Waals surface area contributed by atoms with E-state index in [-0.39, 0.29) is 0 Å². The Labute approximate surface area is 158 Å². The van der Waals surface area contributed by atoms with Gasteiger partial charge in [-0.1, -0.05) is 17.7 Å². The highest BCUT2D eigenvalue weighted by molar-refractivity contribution is 6.35. The van der Waals surface area contributed by atoms with Gasteiger partial charge >= 0.3 is 11.8 Å². The molecule has 2 aromatic rings. The molecule has 0 saturated heterocycles. The Morgan fingerprint density at radius 1 is 1.15 bits per heavy atom. The largest absolute Gasteiger partial charge is 0.343 e. The number of hydrogen-bond donors (Lipinski definition) is 2. The Kier molecular flexibility index (Phi) is 5.87. The maximum absolute atomic E-state index is 11.8. The van der Waals surface area contributed by atoms with Crippen LogP contribution in [-0.2, 0) is 9.59 Å². The number of rotatable bonds is 3. The first kappa shape index (κ1) is 19.7. The van der Waals surface area contributed by atoms with E-state index in [4.69, 9.17) is 11.6 Å². The lowest BCUT2D eigenvalue weighted by Gasteiger charge is -2.19. The molecule has 7 heteroatoms. The van der Waals surface area contributed by atoms with Crippen LogP contribution in [0.3, 0.4) is 0 Å². The first-order valence-corrected chi connectivity index (χ1v) is 8.57. The van der Waals surface area contributed by atoms with Crippen LogP contribution in [0.5, 0.6) is 0 Å². The molecule has 0 aliphatic rings. The van der Waals surface area contributed by atoms with Crippen molar-refractivity contribution in [1.82, 2.24) is 15.3 Å². The van der Waals surface area contributed by atoms with Gasteiger partial charge < -0.3 is 9.88 Å². The number of aryl methyl sites for hydroxylation is 1. The van der Waals surface area contributed by atoms with Gasteiger partial charge in [0.05, 0.1) is 6.21 Å². The zero-order valence-electron chi connectivity index (χ0n) is 15.6. The molecule has 6 nitrogen and oxygen atoms in total. The Morgan fingerprint density at radius 2 is 1.85 bits per heavy atom. The lowest BCUT2D eigenvalue weighted by molar-refractivity contribution is -0.140. The highest BCUT2D eigenvalue weighted by Crippen LogP contribution is 2.22. The van der Waals surface area contributed by atoms with Gasteiger partial charge in [-0.3, -0.25) is 9.59 Å². The van der Waals surface area contributed by atoms with Gasteiger partial charge in [0, 0.05) is 33.2 Å². The van der Waals surface area contributed by atoms with Crippen LogP contribution in [0.4, 0.5) is 0 Å². The van der Waals surface area contributed by atoms with Crippen LogP contribution in [0.2, 0.25) is 5.02 Å². The molecule has 1 aromatic heterocycles. The van der Waals surface area contributed by atoms with Crippen LogP contribution in [0, 0.1) is 13.8 Å². The highest BCUT2D eigenvalue weighted by atomic mass is 35.5. The van der Waals surface area contributed by atoms with E-state index in [1.54, 1.807) is 20.8 Å². The van der Waals surface area contributed by atoms with Crippen molar-refractivity contribution in [3.63, 3.8) is 0 Å². The minimum atomic E-state index is -0.806. The van der Waals surface area contributed by atoms with Crippen molar-refractivity contribution in [3.8, 4) is 5.69 Å². The summed E-state index contributed by atoms with van der Waals surface area (Å²) in [7, 11) is 0. The predicted octanol–water partition coefficient (Wildman–Crippen LogP) is 3.11. The van der Waals surface area contributed by atoms with Crippen molar-refractivity contribution in [3.05, 3.63) is 52.3 Å². The fourth-order valence-electron chi connectivity index (χ4n) is 2.54. The van der Waals surface area contributed by atoms with Gasteiger partial charge in [-0.2, -0.15) is 5.10 Å². The Bertz CT molecular complexity index is 863. The molecule has 1 heterocycles. The van der Waals surface area contributed by atoms with Crippen molar-refractivity contribution < 1.29 is 9.59 Å². The maximum atomic E-state index is 11.8. The number of nitrogens with zero attached hydrogens (tertiary/aromatic N) is 2. The van der Waals surface area contributed by atoms with E-state index in [1.165, 1.54) is 6.21 Å². The molecule has 2 N–H and O–H groups in total. The van der Waals surface area contributed by atoms with E-state index in [0.29, 0.717) is 5.02 Å². The van der Waals surface area contributed by atoms with Gasteiger partial charge in [0.2, 0.25) is 0 Å². The molecule has 0 bridgehead atoms. The fourth-order valence-corrected chi connectivity index (χ4v) is 2.72. The number of aromatic nitrogens is 1. The molecule has 0 radical (unpaired) electrons. The highest BCUT2D eigenvalue weighted by Gasteiger charge is 2.19. The van der Waals surface area contributed by atoms with Crippen molar-refractivity contribution in [1.29, 1.82) is 0 Å². The van der Waals surface area contributed by atoms with Gasteiger partial charge in [-0.25, -0.2) is 5.43 Å². The van der Waals surface area contributed by atoms with Crippen LogP contribution >= 0.6 is 11.6 Å². The summed E-state index contributed by atoms with van der Waals surface area (Å²) in [6.07, 6.45) is 1.52. The molecule has 0 unspecified atom stereocenters. The van der Waals surface area contributed by atoms with Crippen molar-refractivity contribution in [2.45, 2.75) is 40.2 Å². The Hall–Kier alpha value is -2.60. The quantitative estimate of drug-likeness (QED) is 0.492. The minimum absolute atomic E-state index is 0.486. The number of hydrazone groups is 1. The zero-order chi connectivity index (χ0) is 19.5. The topological polar surface area (TPSA) is 75.5 Å². The van der Waals surface area contributed by atoms with Gasteiger partial charge in [0.15, 0.2) is 0 Å². The van der Waals surface area contributed by atoms with Gasteiger partial charge in [0.25, 0.3) is 0 Å². The first-order valence-electron chi connectivity index (χ1n) is 8.19. The summed E-state index contributed by atoms with van der Waals surface area (Å²) in [5.41, 5.74) is 5.49. The average Bonchev–Trinajstić information content (AvgIpc) is 2.79. The summed E-state index contributed by atoms with van der Waals surface area (Å²) in [4.78, 5) is 23.5. The van der Waals surface area contributed by atoms with Crippen LogP contribution in [0.15, 0.2) is 35.4 Å². The number of nitrogens with one attached hydrogen (secondary N) is 2. The van der Waals surface area contributed by atoms with Gasteiger partial charge in [-0.05, 0) is 58.9 Å². The second-order valence-corrected chi connectivity index (χ2v) is 7.48. The number of carbonyl (C=O) groups is 2. The maximum Gasteiger partial charge on any atom is 0.329 e. The molecule has 1 aromatic carbocycles. The number of amides is 2. The third-order valence-corrected chi connectivity index (χ3v) is 3.84. The molecule has 2 rings (SSSR count). The SMILES string of the molecule is Cc1cc(/C=N/NC(=O)C(=O)NC(C)(C)C)c(C)n1-c1cccc(Cl)c1. The molecule has 0 fully saturated rings. The normalized spacial score (nSPS) is 11.6. The van der Waals surface area contributed by atoms with E-state index in [9.17, 15) is 9.59 Å². The first-order chi connectivity index (χ1) is 12.1. The summed E-state index contributed by atoms with van der Waals surface area (Å²) in [5, 5.41) is 7.13. The molecule has 0 aliphatic carbocycles. The summed E-state index contributed by atoms with van der Waals surface area (Å²) in [6.45, 7) is 9.31. The van der Waals surface area contributed by atoms with Gasteiger partial charge in [-0.15, -0.1) is 0 Å². The predicted molar refractivity (Wildman–Crippen MR) is 104 cm³/mol. The minimum Gasteiger partial charge on any atom is -0.343 e. The summed E-state index contributed by atoms with van der Waals surface area (Å²) >= 11 is 6.08. The van der Waals surface area contributed by atoms with E-state index in [0.717, 1.165) is 22.6 Å². The number of hydrogen-bond acceptors (Lipinski definition) is 3. The standard InChI is InChI=1S/C19H23ClN4O2/c1-12-9-14(11-21-23-18(26)17(25)22-19(3,4)5)13(2)24(12)16-8-6-7-15(20)10-16/h6-11H,1-5H3,(H,22,25)(H,23,26)/b21-11+. The molecule has 0 aliphatic heterocycles. The third-order valence-electron chi connectivity index (χ3n) is 3.60. The van der Waals surface area contributed by atoms with Crippen molar-refractivity contribution in [2.24, 2.45) is 5.10 Å². The average molecular weight is 375 g/mol. The fraction of sp³-hybridized carbons (Fsp3) is 0.316. The summed E-state index contributed by atoms with van der Waals surface area (Å²) in [5.74, 6) is -1.53. The second-order valence-electron chi connectivity index (χ2n) is 7.05. The molecular formula is C19H23ClN4O2. The number of carbonyl (C=O) groups excluding carboxylic acids is 2. The molecule has 2 amide bonds. The lowest BCUT2D eigenvalue weighted by atomic mass is 10.1. The van der Waals surface area contributed by atoms with Gasteiger partial charge in [0.1, 0.15) is 0 Å². The van der Waals surface area contributed by atoms with Crippen LogP contribution in [0.1, 0.15) is 37.7 Å². The van der Waals surface area contributed by atoms with E-state index < -0.39 is 17.4 Å². The number of halogens is 1. The number of benzene rings is 1. The molecular weight excluding hydrogens is 352 g/mol. The molecule has 26 heavy (non-hydrogen) atoms. The van der Waals surface area contributed by atoms with Crippen LogP contribution < -0.4 is 10.7 Å². The van der Waals surface area contributed by atoms with Crippen LogP contribution in [0.25, 0.3) is 5.69 Å². The molecule has 0 saturated carbocycles. The van der Waals surface area contributed by atoms with E-state index in [2.05, 4.69) is 15.8 Å². The third kappa shape index (κ3) is 4.95. The van der Waals surface area contributed by atoms with Crippen LogP contribution in [-0.4, -0.2) is 28.1 Å². The summed E-state index contributed by atoms with van der Waals surface area (Å²) in [6, 6.07) is 9.49. The zero-order valence-corrected chi connectivity index (χ0v) is 16.3. The molecule has 138 valence electrons. The Balaban J connectivity index is 2.14. The summed E-state index contributed by atoms with van der Waals surface area (Å²) < 4.78 is 2.04. The lowest BCUT2D eigenvalue weighted by Crippen LogP contribution is -2.47. The Morgan fingerprint density at radius 3 is 2.46 bits per heavy atom. The van der Waals surface area contributed by atoms with E-state index in [1.807, 2.05) is 48.7 Å². The molecule has 0 spiro atoms. The van der Waals surface area contributed by atoms with E-state index >= 15 is 0 Å². The monoisotopic (exact) mass is 374 g/mol. The van der Waals surface area contributed by atoms with Crippen molar-refractivity contribution >= 4 is 29.6 Å². The smallest absolute Gasteiger partial charge is 0.329 e. The molecule has 0 atom stereocenters. The van der Waals surface area contributed by atoms with Crippen molar-refractivity contribution in [2.75, 3.05) is 0 Å².